The first kappa shape index (κ1) is 16.1. The van der Waals surface area contributed by atoms with Crippen LogP contribution in [0.15, 0.2) is 0 Å². The Balaban J connectivity index is 0.00000256. The summed E-state index contributed by atoms with van der Waals surface area (Å²) in [6, 6.07) is -0.0935. The third-order valence-electron chi connectivity index (χ3n) is 2.58. The standard InChI is InChI=1S/C10H20N4O2.ClH/c1-3-12-10(16)13-9(15)7-14-5-4-11-6-8(14)2;/h8,11H,3-7H2,1-2H3,(H2,12,13,15,16);1H. The van der Waals surface area contributed by atoms with Crippen LogP contribution in [-0.4, -0.2) is 55.6 Å². The van der Waals surface area contributed by atoms with E-state index in [0.29, 0.717) is 12.6 Å². The van der Waals surface area contributed by atoms with Crippen LogP contribution in [-0.2, 0) is 4.79 Å². The molecule has 1 fully saturated rings. The lowest BCUT2D eigenvalue weighted by Gasteiger charge is -2.33. The molecular weight excluding hydrogens is 244 g/mol. The Kier molecular flexibility index (Phi) is 7.86. The second-order valence-electron chi connectivity index (χ2n) is 3.93. The van der Waals surface area contributed by atoms with E-state index in [2.05, 4.69) is 27.8 Å². The zero-order valence-electron chi connectivity index (χ0n) is 10.3. The van der Waals surface area contributed by atoms with Crippen molar-refractivity contribution in [2.75, 3.05) is 32.7 Å². The van der Waals surface area contributed by atoms with Crippen molar-refractivity contribution < 1.29 is 9.59 Å². The first-order valence-electron chi connectivity index (χ1n) is 5.66. The first-order chi connectivity index (χ1) is 7.63. The minimum absolute atomic E-state index is 0. The second-order valence-corrected chi connectivity index (χ2v) is 3.93. The predicted molar refractivity (Wildman–Crippen MR) is 68.4 cm³/mol. The number of urea groups is 1. The van der Waals surface area contributed by atoms with Gasteiger partial charge in [-0.25, -0.2) is 4.79 Å². The summed E-state index contributed by atoms with van der Waals surface area (Å²) in [5.41, 5.74) is 0. The number of piperazine rings is 1. The summed E-state index contributed by atoms with van der Waals surface area (Å²) in [5.74, 6) is -0.250. The lowest BCUT2D eigenvalue weighted by Crippen LogP contribution is -2.53. The van der Waals surface area contributed by atoms with Crippen LogP contribution in [0.4, 0.5) is 4.79 Å². The molecule has 1 saturated heterocycles. The van der Waals surface area contributed by atoms with E-state index in [9.17, 15) is 9.59 Å². The van der Waals surface area contributed by atoms with Gasteiger partial charge in [-0.3, -0.25) is 15.0 Å². The molecule has 0 aromatic rings. The van der Waals surface area contributed by atoms with Gasteiger partial charge in [0.05, 0.1) is 6.54 Å². The van der Waals surface area contributed by atoms with E-state index in [1.165, 1.54) is 0 Å². The number of carbonyl (C=O) groups is 2. The summed E-state index contributed by atoms with van der Waals surface area (Å²) in [4.78, 5) is 24.7. The molecule has 3 amide bonds. The fraction of sp³-hybridized carbons (Fsp3) is 0.800. The molecule has 1 unspecified atom stereocenters. The Morgan fingerprint density at radius 3 is 2.76 bits per heavy atom. The average molecular weight is 265 g/mol. The quantitative estimate of drug-likeness (QED) is 0.646. The Hall–Kier alpha value is -0.850. The fourth-order valence-electron chi connectivity index (χ4n) is 1.67. The molecule has 3 N–H and O–H groups in total. The molecular formula is C10H21ClN4O2. The summed E-state index contributed by atoms with van der Waals surface area (Å²) < 4.78 is 0. The van der Waals surface area contributed by atoms with E-state index in [4.69, 9.17) is 0 Å². The van der Waals surface area contributed by atoms with Gasteiger partial charge in [0, 0.05) is 32.2 Å². The van der Waals surface area contributed by atoms with Crippen LogP contribution in [0.2, 0.25) is 0 Å². The van der Waals surface area contributed by atoms with Gasteiger partial charge in [-0.2, -0.15) is 0 Å². The van der Waals surface area contributed by atoms with Crippen molar-refractivity contribution in [2.45, 2.75) is 19.9 Å². The van der Waals surface area contributed by atoms with Gasteiger partial charge >= 0.3 is 6.03 Å². The Morgan fingerprint density at radius 2 is 2.18 bits per heavy atom. The van der Waals surface area contributed by atoms with Crippen LogP contribution in [0.1, 0.15) is 13.8 Å². The highest BCUT2D eigenvalue weighted by atomic mass is 35.5. The van der Waals surface area contributed by atoms with Crippen LogP contribution < -0.4 is 16.0 Å². The molecule has 0 aliphatic carbocycles. The molecule has 1 aliphatic heterocycles. The number of nitrogens with one attached hydrogen (secondary N) is 3. The summed E-state index contributed by atoms with van der Waals surface area (Å²) in [6.45, 7) is 7.27. The highest BCUT2D eigenvalue weighted by Crippen LogP contribution is 2.00. The molecule has 0 radical (unpaired) electrons. The van der Waals surface area contributed by atoms with E-state index in [-0.39, 0.29) is 24.9 Å². The number of halogens is 1. The lowest BCUT2D eigenvalue weighted by atomic mass is 10.2. The van der Waals surface area contributed by atoms with Gasteiger partial charge in [0.2, 0.25) is 5.91 Å². The molecule has 1 aliphatic rings. The van der Waals surface area contributed by atoms with Crippen molar-refractivity contribution in [3.63, 3.8) is 0 Å². The predicted octanol–water partition coefficient (Wildman–Crippen LogP) is -0.452. The lowest BCUT2D eigenvalue weighted by molar-refractivity contribution is -0.121. The van der Waals surface area contributed by atoms with Crippen molar-refractivity contribution in [1.82, 2.24) is 20.9 Å². The Morgan fingerprint density at radius 1 is 1.47 bits per heavy atom. The summed E-state index contributed by atoms with van der Waals surface area (Å²) in [5, 5.41) is 8.07. The first-order valence-corrected chi connectivity index (χ1v) is 5.66. The summed E-state index contributed by atoms with van der Waals surface area (Å²) in [7, 11) is 0. The minimum Gasteiger partial charge on any atom is -0.338 e. The van der Waals surface area contributed by atoms with Crippen LogP contribution in [0.25, 0.3) is 0 Å². The number of nitrogens with zero attached hydrogens (tertiary/aromatic N) is 1. The third kappa shape index (κ3) is 5.86. The molecule has 0 bridgehead atoms. The zero-order valence-corrected chi connectivity index (χ0v) is 11.1. The molecule has 1 rings (SSSR count). The van der Waals surface area contributed by atoms with Gasteiger partial charge in [0.25, 0.3) is 0 Å². The highest BCUT2D eigenvalue weighted by molar-refractivity contribution is 5.95. The van der Waals surface area contributed by atoms with Gasteiger partial charge < -0.3 is 10.6 Å². The molecule has 100 valence electrons. The molecule has 6 nitrogen and oxygen atoms in total. The van der Waals surface area contributed by atoms with Gasteiger partial charge in [0.1, 0.15) is 0 Å². The van der Waals surface area contributed by atoms with Gasteiger partial charge in [0.15, 0.2) is 0 Å². The van der Waals surface area contributed by atoms with Crippen molar-refractivity contribution >= 4 is 24.3 Å². The van der Waals surface area contributed by atoms with Gasteiger partial charge in [-0.15, -0.1) is 12.4 Å². The zero-order chi connectivity index (χ0) is 12.0. The number of carbonyl (C=O) groups excluding carboxylic acids is 2. The molecule has 7 heteroatoms. The smallest absolute Gasteiger partial charge is 0.321 e. The maximum absolute atomic E-state index is 11.5. The number of rotatable bonds is 3. The van der Waals surface area contributed by atoms with E-state index in [1.807, 2.05) is 6.92 Å². The summed E-state index contributed by atoms with van der Waals surface area (Å²) in [6.07, 6.45) is 0. The van der Waals surface area contributed by atoms with Crippen LogP contribution >= 0.6 is 12.4 Å². The summed E-state index contributed by atoms with van der Waals surface area (Å²) >= 11 is 0. The van der Waals surface area contributed by atoms with Gasteiger partial charge in [-0.05, 0) is 13.8 Å². The molecule has 0 spiro atoms. The normalized spacial score (nSPS) is 20.2. The molecule has 1 heterocycles. The second kappa shape index (κ2) is 8.27. The van der Waals surface area contributed by atoms with Crippen molar-refractivity contribution in [1.29, 1.82) is 0 Å². The van der Waals surface area contributed by atoms with Crippen LogP contribution in [0, 0.1) is 0 Å². The topological polar surface area (TPSA) is 73.5 Å². The number of hydrogen-bond donors (Lipinski definition) is 3. The molecule has 0 saturated carbocycles. The van der Waals surface area contributed by atoms with Crippen molar-refractivity contribution in [3.05, 3.63) is 0 Å². The largest absolute Gasteiger partial charge is 0.338 e. The van der Waals surface area contributed by atoms with Gasteiger partial charge in [-0.1, -0.05) is 0 Å². The van der Waals surface area contributed by atoms with Crippen molar-refractivity contribution in [3.8, 4) is 0 Å². The molecule has 1 atom stereocenters. The Bertz CT molecular complexity index is 263. The Labute approximate surface area is 108 Å². The monoisotopic (exact) mass is 264 g/mol. The van der Waals surface area contributed by atoms with E-state index < -0.39 is 6.03 Å². The average Bonchev–Trinajstić information content (AvgIpc) is 2.21. The van der Waals surface area contributed by atoms with E-state index >= 15 is 0 Å². The SMILES string of the molecule is CCNC(=O)NC(=O)CN1CCNCC1C.Cl. The highest BCUT2D eigenvalue weighted by Gasteiger charge is 2.20. The van der Waals surface area contributed by atoms with Crippen molar-refractivity contribution in [2.24, 2.45) is 0 Å². The molecule has 0 aromatic carbocycles. The number of hydrogen-bond acceptors (Lipinski definition) is 4. The van der Waals surface area contributed by atoms with Crippen LogP contribution in [0.5, 0.6) is 0 Å². The van der Waals surface area contributed by atoms with E-state index in [0.717, 1.165) is 19.6 Å². The molecule has 17 heavy (non-hydrogen) atoms. The maximum atomic E-state index is 11.5. The molecule has 0 aromatic heterocycles. The number of imide groups is 1. The van der Waals surface area contributed by atoms with Crippen LogP contribution in [0.3, 0.4) is 0 Å². The maximum Gasteiger partial charge on any atom is 0.321 e. The van der Waals surface area contributed by atoms with E-state index in [1.54, 1.807) is 0 Å². The minimum atomic E-state index is -0.421. The number of amides is 3. The fourth-order valence-corrected chi connectivity index (χ4v) is 1.67. The third-order valence-corrected chi connectivity index (χ3v) is 2.58.